The van der Waals surface area contributed by atoms with Crippen LogP contribution >= 0.6 is 0 Å². The molecule has 0 saturated heterocycles. The number of esters is 2. The topological polar surface area (TPSA) is 99.1 Å². The molecule has 0 aromatic carbocycles. The lowest BCUT2D eigenvalue weighted by Gasteiger charge is -2.31. The van der Waals surface area contributed by atoms with Crippen molar-refractivity contribution in [2.24, 2.45) is 0 Å². The number of allylic oxidation sites excluding steroid dienone is 14. The number of aliphatic carboxylic acids is 1. The first-order valence-corrected chi connectivity index (χ1v) is 26.6. The van der Waals surface area contributed by atoms with Gasteiger partial charge in [-0.05, 0) is 83.5 Å². The molecule has 8 heteroatoms. The quantitative estimate of drug-likeness (QED) is 0.0281. The van der Waals surface area contributed by atoms with Crippen molar-refractivity contribution < 1.29 is 38.2 Å². The van der Waals surface area contributed by atoms with Crippen LogP contribution in [0.4, 0.5) is 0 Å². The number of rotatable bonds is 47. The molecule has 0 spiro atoms. The Morgan fingerprint density at radius 2 is 0.803 bits per heavy atom. The van der Waals surface area contributed by atoms with Gasteiger partial charge in [0.25, 0.3) is 0 Å². The van der Waals surface area contributed by atoms with E-state index in [1.165, 1.54) is 83.5 Å². The van der Waals surface area contributed by atoms with Crippen LogP contribution in [0.3, 0.4) is 0 Å². The highest BCUT2D eigenvalue weighted by molar-refractivity contribution is 5.72. The predicted molar refractivity (Wildman–Crippen MR) is 280 cm³/mol. The van der Waals surface area contributed by atoms with E-state index in [-0.39, 0.29) is 36.2 Å². The molecule has 0 saturated carbocycles. The van der Waals surface area contributed by atoms with Crippen LogP contribution in [-0.4, -0.2) is 80.6 Å². The predicted octanol–water partition coefficient (Wildman–Crippen LogP) is 15.6. The Hall–Kier alpha value is -3.49. The van der Waals surface area contributed by atoms with Gasteiger partial charge in [-0.2, -0.15) is 0 Å². The standard InChI is InChI=1S/C58H99NO7/c1-6-8-10-12-14-16-18-20-22-24-26-27-28-29-31-33-35-37-39-41-43-45-47-49-57(61)66-54(52-64-51-50-55(58(62)63)59(3,4)5)53-65-56(60)48-46-44-42-40-38-36-34-32-30-25-23-21-19-17-15-13-11-9-7-2/h8-11,14-17,20-23,30,32,54-55H,6-7,12-13,18-19,24-29,31,33-53H2,1-5H3/p+1/b10-8+,11-9+,16-14+,17-15+,22-20+,23-21+,32-30+. The van der Waals surface area contributed by atoms with E-state index in [9.17, 15) is 19.5 Å². The van der Waals surface area contributed by atoms with E-state index in [1.807, 2.05) is 21.1 Å². The highest BCUT2D eigenvalue weighted by Gasteiger charge is 2.31. The van der Waals surface area contributed by atoms with Crippen LogP contribution in [0.15, 0.2) is 85.1 Å². The number of carboxylic acids is 1. The summed E-state index contributed by atoms with van der Waals surface area (Å²) >= 11 is 0. The van der Waals surface area contributed by atoms with Gasteiger partial charge in [0.1, 0.15) is 6.61 Å². The Morgan fingerprint density at radius 1 is 0.455 bits per heavy atom. The average Bonchev–Trinajstić information content (AvgIpc) is 3.28. The lowest BCUT2D eigenvalue weighted by atomic mass is 10.0. The summed E-state index contributed by atoms with van der Waals surface area (Å²) < 4.78 is 17.4. The monoisotopic (exact) mass is 923 g/mol. The zero-order valence-corrected chi connectivity index (χ0v) is 43.1. The van der Waals surface area contributed by atoms with E-state index >= 15 is 0 Å². The number of carboxylic acid groups (broad SMARTS) is 1. The number of ether oxygens (including phenoxy) is 3. The SMILES string of the molecule is CC/C=C/C/C=C/C/C=C/C/C=C/CCCCCCCCC(=O)OCC(COCCC(C(=O)O)[N+](C)(C)C)OC(=O)CCCCCCCCCCCCCCC/C=C/C/C=C/C/C=C/CC. The van der Waals surface area contributed by atoms with Gasteiger partial charge < -0.3 is 23.8 Å². The van der Waals surface area contributed by atoms with Gasteiger partial charge in [-0.1, -0.05) is 195 Å². The summed E-state index contributed by atoms with van der Waals surface area (Å²) in [6, 6.07) is -0.622. The Morgan fingerprint density at radius 3 is 1.18 bits per heavy atom. The fourth-order valence-corrected chi connectivity index (χ4v) is 7.51. The van der Waals surface area contributed by atoms with Gasteiger partial charge in [0.2, 0.25) is 0 Å². The molecule has 0 rings (SSSR count). The molecule has 0 fully saturated rings. The highest BCUT2D eigenvalue weighted by Crippen LogP contribution is 2.15. The third-order valence-electron chi connectivity index (χ3n) is 11.5. The van der Waals surface area contributed by atoms with Crippen LogP contribution in [-0.2, 0) is 28.6 Å². The van der Waals surface area contributed by atoms with Gasteiger partial charge in [-0.25, -0.2) is 4.79 Å². The molecular weight excluding hydrogens is 823 g/mol. The number of nitrogens with zero attached hydrogens (tertiary/aromatic N) is 1. The van der Waals surface area contributed by atoms with Gasteiger partial charge in [0, 0.05) is 19.3 Å². The van der Waals surface area contributed by atoms with Crippen LogP contribution in [0.5, 0.6) is 0 Å². The van der Waals surface area contributed by atoms with Gasteiger partial charge in [-0.3, -0.25) is 9.59 Å². The minimum Gasteiger partial charge on any atom is -0.477 e. The third-order valence-corrected chi connectivity index (χ3v) is 11.5. The van der Waals surface area contributed by atoms with Crippen molar-refractivity contribution in [3.8, 4) is 0 Å². The van der Waals surface area contributed by atoms with Crippen LogP contribution in [0.1, 0.15) is 213 Å². The van der Waals surface area contributed by atoms with Crippen molar-refractivity contribution >= 4 is 17.9 Å². The maximum absolute atomic E-state index is 12.8. The van der Waals surface area contributed by atoms with Crippen LogP contribution in [0.25, 0.3) is 0 Å². The molecule has 0 aliphatic heterocycles. The lowest BCUT2D eigenvalue weighted by Crippen LogP contribution is -2.50. The van der Waals surface area contributed by atoms with Gasteiger partial charge in [-0.15, -0.1) is 0 Å². The van der Waals surface area contributed by atoms with E-state index in [2.05, 4.69) is 98.9 Å². The summed E-state index contributed by atoms with van der Waals surface area (Å²) in [5.41, 5.74) is 0. The molecule has 378 valence electrons. The van der Waals surface area contributed by atoms with Crippen molar-refractivity contribution in [3.05, 3.63) is 85.1 Å². The molecule has 66 heavy (non-hydrogen) atoms. The smallest absolute Gasteiger partial charge is 0.362 e. The molecule has 0 heterocycles. The molecular formula is C58H100NO7+. The molecule has 2 atom stereocenters. The number of likely N-dealkylation sites (N-methyl/N-ethyl adjacent to an activating group) is 1. The maximum atomic E-state index is 12.8. The minimum atomic E-state index is -0.879. The summed E-state index contributed by atoms with van der Waals surface area (Å²) in [6.07, 6.45) is 63.5. The molecule has 0 aliphatic rings. The first kappa shape index (κ1) is 62.5. The number of carbonyl (C=O) groups excluding carboxylic acids is 2. The van der Waals surface area contributed by atoms with Gasteiger partial charge in [0.15, 0.2) is 12.1 Å². The maximum Gasteiger partial charge on any atom is 0.362 e. The molecule has 1 N–H and O–H groups in total. The van der Waals surface area contributed by atoms with Crippen molar-refractivity contribution in [1.29, 1.82) is 0 Å². The largest absolute Gasteiger partial charge is 0.477 e. The first-order chi connectivity index (χ1) is 32.1. The van der Waals surface area contributed by atoms with Crippen LogP contribution in [0.2, 0.25) is 0 Å². The van der Waals surface area contributed by atoms with Crippen molar-refractivity contribution in [2.75, 3.05) is 41.0 Å². The lowest BCUT2D eigenvalue weighted by molar-refractivity contribution is -0.887. The Balaban J connectivity index is 4.24. The number of carbonyl (C=O) groups is 3. The Labute approximate surface area is 405 Å². The molecule has 0 radical (unpaired) electrons. The van der Waals surface area contributed by atoms with E-state index < -0.39 is 18.1 Å². The van der Waals surface area contributed by atoms with Crippen LogP contribution in [0, 0.1) is 0 Å². The second-order valence-electron chi connectivity index (χ2n) is 18.7. The van der Waals surface area contributed by atoms with Gasteiger partial charge in [0.05, 0.1) is 34.4 Å². The van der Waals surface area contributed by atoms with E-state index in [0.29, 0.717) is 19.3 Å². The average molecular weight is 923 g/mol. The van der Waals surface area contributed by atoms with Gasteiger partial charge >= 0.3 is 17.9 Å². The second-order valence-corrected chi connectivity index (χ2v) is 18.7. The summed E-state index contributed by atoms with van der Waals surface area (Å²) in [6.45, 7) is 4.51. The van der Waals surface area contributed by atoms with E-state index in [4.69, 9.17) is 14.2 Å². The zero-order chi connectivity index (χ0) is 48.4. The minimum absolute atomic E-state index is 0.0527. The highest BCUT2D eigenvalue weighted by atomic mass is 16.6. The zero-order valence-electron chi connectivity index (χ0n) is 43.1. The van der Waals surface area contributed by atoms with Crippen molar-refractivity contribution in [3.63, 3.8) is 0 Å². The number of hydrogen-bond donors (Lipinski definition) is 1. The fraction of sp³-hybridized carbons (Fsp3) is 0.707. The molecule has 0 bridgehead atoms. The van der Waals surface area contributed by atoms with Crippen LogP contribution < -0.4 is 0 Å². The van der Waals surface area contributed by atoms with E-state index in [0.717, 1.165) is 96.3 Å². The summed E-state index contributed by atoms with van der Waals surface area (Å²) in [4.78, 5) is 37.2. The third kappa shape index (κ3) is 45.7. The van der Waals surface area contributed by atoms with Crippen molar-refractivity contribution in [1.82, 2.24) is 0 Å². The Kier molecular flexibility index (Phi) is 45.4. The summed E-state index contributed by atoms with van der Waals surface area (Å²) in [7, 11) is 5.53. The molecule has 0 aromatic heterocycles. The molecule has 2 unspecified atom stereocenters. The van der Waals surface area contributed by atoms with Crippen molar-refractivity contribution in [2.45, 2.75) is 225 Å². The second kappa shape index (κ2) is 48.0. The number of hydrogen-bond acceptors (Lipinski definition) is 6. The first-order valence-electron chi connectivity index (χ1n) is 26.6. The Bertz CT molecular complexity index is 1350. The number of unbranched alkanes of at least 4 members (excludes halogenated alkanes) is 19. The fourth-order valence-electron chi connectivity index (χ4n) is 7.51. The molecule has 0 amide bonds. The summed E-state index contributed by atoms with van der Waals surface area (Å²) in [5, 5.41) is 9.67. The van der Waals surface area contributed by atoms with E-state index in [1.54, 1.807) is 0 Å². The normalized spacial score (nSPS) is 13.5. The summed E-state index contributed by atoms with van der Waals surface area (Å²) in [5.74, 6) is -1.49. The molecule has 8 nitrogen and oxygen atoms in total. The molecule has 0 aliphatic carbocycles. The molecule has 0 aromatic rings. The number of quaternary nitrogens is 1.